The van der Waals surface area contributed by atoms with Crippen molar-refractivity contribution in [1.82, 2.24) is 14.9 Å². The normalized spacial score (nSPS) is 23.9. The molecular formula is C18H19N3O3. The van der Waals surface area contributed by atoms with Crippen LogP contribution in [0.2, 0.25) is 0 Å². The molecule has 0 radical (unpaired) electrons. The molecule has 1 saturated carbocycles. The number of aromatic amines is 1. The molecule has 2 aromatic rings. The lowest BCUT2D eigenvalue weighted by molar-refractivity contribution is -0.121. The number of fused-ring (bicyclic) bond motifs is 3. The van der Waals surface area contributed by atoms with Crippen molar-refractivity contribution in [3.63, 3.8) is 0 Å². The summed E-state index contributed by atoms with van der Waals surface area (Å²) in [7, 11) is 0. The van der Waals surface area contributed by atoms with Gasteiger partial charge in [-0.2, -0.15) is 0 Å². The Hall–Kier alpha value is -2.63. The zero-order chi connectivity index (χ0) is 16.7. The largest absolute Gasteiger partial charge is 0.354 e. The number of hydrogen-bond acceptors (Lipinski definition) is 3. The molecular weight excluding hydrogens is 306 g/mol. The number of amides is 1. The van der Waals surface area contributed by atoms with E-state index < -0.39 is 11.2 Å². The van der Waals surface area contributed by atoms with Crippen molar-refractivity contribution in [3.05, 3.63) is 68.5 Å². The third-order valence-electron chi connectivity index (χ3n) is 5.24. The van der Waals surface area contributed by atoms with Gasteiger partial charge in [0.05, 0.1) is 0 Å². The molecule has 1 aromatic heterocycles. The van der Waals surface area contributed by atoms with E-state index in [1.165, 1.54) is 34.4 Å². The number of aromatic nitrogens is 2. The van der Waals surface area contributed by atoms with E-state index in [-0.39, 0.29) is 12.5 Å². The summed E-state index contributed by atoms with van der Waals surface area (Å²) in [6.07, 6.45) is 3.64. The zero-order valence-corrected chi connectivity index (χ0v) is 13.2. The van der Waals surface area contributed by atoms with Gasteiger partial charge >= 0.3 is 5.69 Å². The summed E-state index contributed by atoms with van der Waals surface area (Å²) in [6.45, 7) is 0.564. The quantitative estimate of drug-likeness (QED) is 0.865. The number of nitrogens with zero attached hydrogens (tertiary/aromatic N) is 1. The molecule has 0 saturated heterocycles. The molecule has 1 heterocycles. The molecule has 4 rings (SSSR count). The summed E-state index contributed by atoms with van der Waals surface area (Å²) in [4.78, 5) is 36.8. The van der Waals surface area contributed by atoms with Gasteiger partial charge in [0.1, 0.15) is 6.54 Å². The van der Waals surface area contributed by atoms with Crippen LogP contribution in [0.4, 0.5) is 0 Å². The number of hydrogen-bond donors (Lipinski definition) is 2. The van der Waals surface area contributed by atoms with Crippen LogP contribution < -0.4 is 16.6 Å². The van der Waals surface area contributed by atoms with Gasteiger partial charge in [0.15, 0.2) is 0 Å². The fraction of sp³-hybridized carbons (Fsp3) is 0.389. The van der Waals surface area contributed by atoms with Gasteiger partial charge in [-0.1, -0.05) is 24.3 Å². The van der Waals surface area contributed by atoms with E-state index in [1.54, 1.807) is 0 Å². The Bertz CT molecular complexity index is 899. The molecule has 24 heavy (non-hydrogen) atoms. The van der Waals surface area contributed by atoms with E-state index in [2.05, 4.69) is 34.6 Å². The molecule has 2 aliphatic carbocycles. The van der Waals surface area contributed by atoms with Crippen LogP contribution in [0.5, 0.6) is 0 Å². The van der Waals surface area contributed by atoms with Crippen LogP contribution in [0, 0.1) is 11.8 Å². The lowest BCUT2D eigenvalue weighted by Gasteiger charge is -2.13. The molecule has 0 aliphatic heterocycles. The highest BCUT2D eigenvalue weighted by Crippen LogP contribution is 2.59. The Morgan fingerprint density at radius 2 is 2.08 bits per heavy atom. The summed E-state index contributed by atoms with van der Waals surface area (Å²) >= 11 is 0. The maximum atomic E-state index is 12.1. The number of carbonyl (C=O) groups excluding carboxylic acids is 1. The third kappa shape index (κ3) is 2.68. The van der Waals surface area contributed by atoms with E-state index in [1.807, 2.05) is 0 Å². The zero-order valence-electron chi connectivity index (χ0n) is 13.2. The number of aryl methyl sites for hydroxylation is 1. The summed E-state index contributed by atoms with van der Waals surface area (Å²) in [5.74, 6) is 1.51. The molecule has 0 bridgehead atoms. The highest BCUT2D eigenvalue weighted by atomic mass is 16.2. The summed E-state index contributed by atoms with van der Waals surface area (Å²) in [5, 5.41) is 2.93. The van der Waals surface area contributed by atoms with Crippen molar-refractivity contribution < 1.29 is 4.79 Å². The van der Waals surface area contributed by atoms with Crippen molar-refractivity contribution in [1.29, 1.82) is 0 Å². The molecule has 0 unspecified atom stereocenters. The average molecular weight is 325 g/mol. The second-order valence-corrected chi connectivity index (χ2v) is 6.63. The monoisotopic (exact) mass is 325 g/mol. The Balaban J connectivity index is 1.36. The highest BCUT2D eigenvalue weighted by molar-refractivity contribution is 5.75. The maximum Gasteiger partial charge on any atom is 0.328 e. The molecule has 6 heteroatoms. The molecule has 1 fully saturated rings. The second kappa shape index (κ2) is 5.78. The molecule has 2 N–H and O–H groups in total. The first kappa shape index (κ1) is 14.9. The molecule has 1 amide bonds. The molecule has 3 atom stereocenters. The fourth-order valence-corrected chi connectivity index (χ4v) is 4.00. The second-order valence-electron chi connectivity index (χ2n) is 6.63. The predicted molar refractivity (Wildman–Crippen MR) is 88.8 cm³/mol. The highest BCUT2D eigenvalue weighted by Gasteiger charge is 2.52. The van der Waals surface area contributed by atoms with Gasteiger partial charge in [0, 0.05) is 18.8 Å². The van der Waals surface area contributed by atoms with Crippen LogP contribution in [0.25, 0.3) is 0 Å². The number of carbonyl (C=O) groups is 1. The van der Waals surface area contributed by atoms with Crippen molar-refractivity contribution in [3.8, 4) is 0 Å². The number of rotatable bonds is 4. The molecule has 6 nitrogen and oxygen atoms in total. The number of benzene rings is 1. The first-order valence-corrected chi connectivity index (χ1v) is 8.28. The maximum absolute atomic E-state index is 12.1. The van der Waals surface area contributed by atoms with Crippen LogP contribution in [0.3, 0.4) is 0 Å². The number of nitrogens with one attached hydrogen (secondary N) is 2. The summed E-state index contributed by atoms with van der Waals surface area (Å²) in [6, 6.07) is 9.80. The third-order valence-corrected chi connectivity index (χ3v) is 5.24. The van der Waals surface area contributed by atoms with Gasteiger partial charge in [-0.15, -0.1) is 0 Å². The molecule has 2 aliphatic rings. The van der Waals surface area contributed by atoms with Gasteiger partial charge in [-0.25, -0.2) is 4.79 Å². The van der Waals surface area contributed by atoms with Crippen molar-refractivity contribution in [2.24, 2.45) is 11.8 Å². The van der Waals surface area contributed by atoms with Crippen LogP contribution in [0.15, 0.2) is 46.1 Å². The van der Waals surface area contributed by atoms with Crippen LogP contribution >= 0.6 is 0 Å². The first-order chi connectivity index (χ1) is 11.6. The average Bonchev–Trinajstić information content (AvgIpc) is 3.29. The fourth-order valence-electron chi connectivity index (χ4n) is 4.00. The standard InChI is InChI=1S/C18H19N3O3/c22-15-7-8-21(18(24)20-15)10-16(23)19-9-14-13-6-5-11-3-1-2-4-12(11)17(13)14/h1-4,7-8,13-14,17H,5-6,9-10H2,(H,19,23)(H,20,22,24)/t13-,14-,17-/m1/s1. The van der Waals surface area contributed by atoms with Gasteiger partial charge in [0.25, 0.3) is 5.56 Å². The van der Waals surface area contributed by atoms with Crippen LogP contribution in [0.1, 0.15) is 23.5 Å². The lowest BCUT2D eigenvalue weighted by Crippen LogP contribution is -2.36. The minimum absolute atomic E-state index is 0.0751. The molecule has 124 valence electrons. The van der Waals surface area contributed by atoms with E-state index >= 15 is 0 Å². The first-order valence-electron chi connectivity index (χ1n) is 8.28. The van der Waals surface area contributed by atoms with Gasteiger partial charge < -0.3 is 5.32 Å². The van der Waals surface area contributed by atoms with Crippen LogP contribution in [-0.2, 0) is 17.8 Å². The Morgan fingerprint density at radius 3 is 2.92 bits per heavy atom. The topological polar surface area (TPSA) is 84.0 Å². The van der Waals surface area contributed by atoms with Gasteiger partial charge in [-0.05, 0) is 41.7 Å². The van der Waals surface area contributed by atoms with Crippen LogP contribution in [-0.4, -0.2) is 22.0 Å². The Kier molecular flexibility index (Phi) is 3.59. The van der Waals surface area contributed by atoms with E-state index in [0.29, 0.717) is 24.3 Å². The van der Waals surface area contributed by atoms with E-state index in [4.69, 9.17) is 0 Å². The van der Waals surface area contributed by atoms with E-state index in [0.717, 1.165) is 6.42 Å². The number of H-pyrrole nitrogens is 1. The molecule has 1 aromatic carbocycles. The van der Waals surface area contributed by atoms with E-state index in [9.17, 15) is 14.4 Å². The SMILES string of the molecule is O=C(Cn1ccc(=O)[nH]c1=O)NC[C@@H]1[C@H]2CCc3ccccc3[C@H]21. The van der Waals surface area contributed by atoms with Crippen molar-refractivity contribution >= 4 is 5.91 Å². The summed E-state index contributed by atoms with van der Waals surface area (Å²) in [5.41, 5.74) is 1.85. The van der Waals surface area contributed by atoms with Crippen molar-refractivity contribution in [2.45, 2.75) is 25.3 Å². The predicted octanol–water partition coefficient (Wildman–Crippen LogP) is 0.629. The Morgan fingerprint density at radius 1 is 1.25 bits per heavy atom. The summed E-state index contributed by atoms with van der Waals surface area (Å²) < 4.78 is 1.20. The van der Waals surface area contributed by atoms with Gasteiger partial charge in [-0.3, -0.25) is 19.1 Å². The minimum atomic E-state index is -0.563. The minimum Gasteiger partial charge on any atom is -0.354 e. The van der Waals surface area contributed by atoms with Crippen molar-refractivity contribution in [2.75, 3.05) is 6.54 Å². The smallest absolute Gasteiger partial charge is 0.328 e. The lowest BCUT2D eigenvalue weighted by atomic mass is 9.92. The molecule has 0 spiro atoms. The Labute approximate surface area is 138 Å². The van der Waals surface area contributed by atoms with Gasteiger partial charge in [0.2, 0.25) is 5.91 Å².